The molecule has 4 aromatic rings. The number of fused-ring (bicyclic) bond motifs is 1. The number of nitrogens with zero attached hydrogens (tertiary/aromatic N) is 1. The highest BCUT2D eigenvalue weighted by Gasteiger charge is 2.17. The van der Waals surface area contributed by atoms with Gasteiger partial charge in [0.1, 0.15) is 11.5 Å². The number of anilines is 1. The zero-order valence-electron chi connectivity index (χ0n) is 13.6. The van der Waals surface area contributed by atoms with Gasteiger partial charge in [0.05, 0.1) is 10.2 Å². The van der Waals surface area contributed by atoms with Crippen LogP contribution in [0.2, 0.25) is 0 Å². The van der Waals surface area contributed by atoms with E-state index in [-0.39, 0.29) is 11.7 Å². The number of hydrogen-bond acceptors (Lipinski definition) is 2. The van der Waals surface area contributed by atoms with Gasteiger partial charge in [-0.1, -0.05) is 28.1 Å². The molecule has 0 aliphatic heterocycles. The fraction of sp³-hybridized carbons (Fsp3) is 0.0500. The van der Waals surface area contributed by atoms with Crippen LogP contribution < -0.4 is 5.32 Å². The van der Waals surface area contributed by atoms with Gasteiger partial charge in [-0.25, -0.2) is 4.39 Å². The van der Waals surface area contributed by atoms with E-state index in [2.05, 4.69) is 21.2 Å². The van der Waals surface area contributed by atoms with Gasteiger partial charge in [-0.05, 0) is 59.5 Å². The number of aromatic nitrogens is 1. The molecule has 130 valence electrons. The summed E-state index contributed by atoms with van der Waals surface area (Å²) in [7, 11) is 0. The summed E-state index contributed by atoms with van der Waals surface area (Å²) in [6, 6.07) is 17.7. The van der Waals surface area contributed by atoms with Crippen molar-refractivity contribution < 1.29 is 9.18 Å². The highest BCUT2D eigenvalue weighted by atomic mass is 79.9. The number of carbonyl (C=O) groups is 1. The van der Waals surface area contributed by atoms with Crippen molar-refractivity contribution in [3.63, 3.8) is 0 Å². The quantitative estimate of drug-likeness (QED) is 0.430. The largest absolute Gasteiger partial charge is 0.331 e. The van der Waals surface area contributed by atoms with E-state index in [1.165, 1.54) is 12.1 Å². The van der Waals surface area contributed by atoms with Crippen molar-refractivity contribution in [3.05, 3.63) is 87.6 Å². The summed E-state index contributed by atoms with van der Waals surface area (Å²) in [5, 5.41) is 4.91. The summed E-state index contributed by atoms with van der Waals surface area (Å²) < 4.78 is 17.4. The predicted octanol–water partition coefficient (Wildman–Crippen LogP) is 5.91. The zero-order valence-corrected chi connectivity index (χ0v) is 16.0. The van der Waals surface area contributed by atoms with E-state index >= 15 is 0 Å². The molecule has 1 N–H and O–H groups in total. The van der Waals surface area contributed by atoms with Crippen LogP contribution >= 0.6 is 27.3 Å². The smallest absolute Gasteiger partial charge is 0.272 e. The lowest BCUT2D eigenvalue weighted by molar-refractivity contribution is 0.101. The normalized spacial score (nSPS) is 11.0. The van der Waals surface area contributed by atoms with Crippen molar-refractivity contribution in [1.29, 1.82) is 0 Å². The number of amides is 1. The van der Waals surface area contributed by atoms with Crippen LogP contribution in [-0.2, 0) is 6.54 Å². The molecule has 6 heteroatoms. The lowest BCUT2D eigenvalue weighted by atomic mass is 10.2. The predicted molar refractivity (Wildman–Crippen MR) is 107 cm³/mol. The molecule has 1 amide bonds. The van der Waals surface area contributed by atoms with Crippen molar-refractivity contribution in [2.75, 3.05) is 5.32 Å². The van der Waals surface area contributed by atoms with Crippen LogP contribution in [0.25, 0.3) is 10.2 Å². The van der Waals surface area contributed by atoms with Crippen LogP contribution in [0.15, 0.2) is 70.5 Å². The first-order valence-electron chi connectivity index (χ1n) is 7.98. The average Bonchev–Trinajstić information content (AvgIpc) is 3.20. The van der Waals surface area contributed by atoms with Crippen LogP contribution in [0, 0.1) is 5.82 Å². The number of nitrogens with one attached hydrogen (secondary N) is 1. The van der Waals surface area contributed by atoms with E-state index in [0.29, 0.717) is 12.2 Å². The first-order chi connectivity index (χ1) is 12.6. The second-order valence-electron chi connectivity index (χ2n) is 5.88. The Bertz CT molecular complexity index is 1080. The molecule has 0 aliphatic rings. The lowest BCUT2D eigenvalue weighted by Crippen LogP contribution is -2.17. The molecule has 0 fully saturated rings. The molecular formula is C20H14BrFN2OS. The van der Waals surface area contributed by atoms with Crippen molar-refractivity contribution in [2.24, 2.45) is 0 Å². The van der Waals surface area contributed by atoms with Crippen LogP contribution in [0.3, 0.4) is 0 Å². The van der Waals surface area contributed by atoms with Crippen LogP contribution in [0.4, 0.5) is 10.1 Å². The van der Waals surface area contributed by atoms with Crippen LogP contribution in [-0.4, -0.2) is 10.5 Å². The van der Waals surface area contributed by atoms with E-state index < -0.39 is 0 Å². The monoisotopic (exact) mass is 428 g/mol. The van der Waals surface area contributed by atoms with Crippen LogP contribution in [0.5, 0.6) is 0 Å². The minimum absolute atomic E-state index is 0.188. The first kappa shape index (κ1) is 17.0. The molecule has 0 radical (unpaired) electrons. The maximum absolute atomic E-state index is 13.5. The maximum Gasteiger partial charge on any atom is 0.272 e. The summed E-state index contributed by atoms with van der Waals surface area (Å²) in [6.45, 7) is 0.432. The Labute approximate surface area is 162 Å². The minimum Gasteiger partial charge on any atom is -0.331 e. The molecule has 0 saturated heterocycles. The lowest BCUT2D eigenvalue weighted by Gasteiger charge is -2.11. The summed E-state index contributed by atoms with van der Waals surface area (Å²) in [5.74, 6) is -0.468. The molecule has 2 heterocycles. The Kier molecular flexibility index (Phi) is 4.61. The topological polar surface area (TPSA) is 34.0 Å². The number of hydrogen-bond donors (Lipinski definition) is 1. The molecule has 0 spiro atoms. The second kappa shape index (κ2) is 7.05. The number of carbonyl (C=O) groups excluding carboxylic acids is 1. The number of thiophene rings is 1. The van der Waals surface area contributed by atoms with Crippen molar-refractivity contribution in [2.45, 2.75) is 6.54 Å². The van der Waals surface area contributed by atoms with Gasteiger partial charge in [0.15, 0.2) is 0 Å². The van der Waals surface area contributed by atoms with Gasteiger partial charge >= 0.3 is 0 Å². The van der Waals surface area contributed by atoms with Crippen molar-refractivity contribution in [1.82, 2.24) is 4.57 Å². The summed E-state index contributed by atoms with van der Waals surface area (Å²) in [5.41, 5.74) is 3.06. The van der Waals surface area contributed by atoms with Gasteiger partial charge in [0.25, 0.3) is 5.91 Å². The Morgan fingerprint density at radius 2 is 1.92 bits per heavy atom. The molecule has 0 bridgehead atoms. The molecule has 0 atom stereocenters. The van der Waals surface area contributed by atoms with Gasteiger partial charge in [-0.3, -0.25) is 4.79 Å². The van der Waals surface area contributed by atoms with Gasteiger partial charge < -0.3 is 9.88 Å². The minimum atomic E-state index is -0.280. The highest BCUT2D eigenvalue weighted by Crippen LogP contribution is 2.27. The standard InChI is InChI=1S/C20H14BrFN2OS/c21-14-4-6-16(7-5-14)23-20(25)18-11-19-17(8-9-26-19)24(18)12-13-2-1-3-15(22)10-13/h1-11H,12H2,(H,23,25). The van der Waals surface area contributed by atoms with Gasteiger partial charge in [-0.2, -0.15) is 0 Å². The van der Waals surface area contributed by atoms with Gasteiger partial charge in [-0.15, -0.1) is 11.3 Å². The van der Waals surface area contributed by atoms with Crippen molar-refractivity contribution >= 4 is 49.1 Å². The van der Waals surface area contributed by atoms with E-state index in [0.717, 1.165) is 25.9 Å². The molecule has 4 rings (SSSR count). The maximum atomic E-state index is 13.5. The number of rotatable bonds is 4. The molecule has 0 saturated carbocycles. The average molecular weight is 429 g/mol. The molecule has 2 aromatic heterocycles. The van der Waals surface area contributed by atoms with E-state index in [4.69, 9.17) is 0 Å². The molecular weight excluding hydrogens is 415 g/mol. The molecule has 26 heavy (non-hydrogen) atoms. The molecule has 2 aromatic carbocycles. The molecule has 3 nitrogen and oxygen atoms in total. The fourth-order valence-electron chi connectivity index (χ4n) is 2.88. The Morgan fingerprint density at radius 1 is 1.12 bits per heavy atom. The third-order valence-electron chi connectivity index (χ3n) is 4.09. The summed E-state index contributed by atoms with van der Waals surface area (Å²) in [6.07, 6.45) is 0. The third kappa shape index (κ3) is 3.43. The van der Waals surface area contributed by atoms with E-state index in [9.17, 15) is 9.18 Å². The Morgan fingerprint density at radius 3 is 2.69 bits per heavy atom. The highest BCUT2D eigenvalue weighted by molar-refractivity contribution is 9.10. The number of benzene rings is 2. The Hall–Kier alpha value is -2.44. The van der Waals surface area contributed by atoms with E-state index in [1.807, 2.05) is 52.4 Å². The second-order valence-corrected chi connectivity index (χ2v) is 7.74. The van der Waals surface area contributed by atoms with E-state index in [1.54, 1.807) is 17.4 Å². The zero-order chi connectivity index (χ0) is 18.1. The summed E-state index contributed by atoms with van der Waals surface area (Å²) >= 11 is 4.96. The number of halogens is 2. The fourth-order valence-corrected chi connectivity index (χ4v) is 3.97. The van der Waals surface area contributed by atoms with Crippen molar-refractivity contribution in [3.8, 4) is 0 Å². The SMILES string of the molecule is O=C(Nc1ccc(Br)cc1)c1cc2sccc2n1Cc1cccc(F)c1. The van der Waals surface area contributed by atoms with Crippen LogP contribution in [0.1, 0.15) is 16.1 Å². The third-order valence-corrected chi connectivity index (χ3v) is 5.47. The van der Waals surface area contributed by atoms with Gasteiger partial charge in [0, 0.05) is 16.7 Å². The summed E-state index contributed by atoms with van der Waals surface area (Å²) in [4.78, 5) is 12.8. The Balaban J connectivity index is 1.69. The first-order valence-corrected chi connectivity index (χ1v) is 9.65. The molecule has 0 unspecified atom stereocenters. The van der Waals surface area contributed by atoms with Gasteiger partial charge in [0.2, 0.25) is 0 Å². The molecule has 0 aliphatic carbocycles.